The molecule has 1 nitrogen and oxygen atoms in total. The third-order valence-corrected chi connectivity index (χ3v) is 10.4. The second-order valence-corrected chi connectivity index (χ2v) is 13.2. The molecule has 1 aromatic heterocycles. The lowest BCUT2D eigenvalue weighted by molar-refractivity contribution is 1.30. The molecule has 48 heavy (non-hydrogen) atoms. The van der Waals surface area contributed by atoms with E-state index in [-0.39, 0.29) is 0 Å². The van der Waals surface area contributed by atoms with Crippen molar-refractivity contribution < 1.29 is 0 Å². The Morgan fingerprint density at radius 2 is 0.875 bits per heavy atom. The normalized spacial score (nSPS) is 11.3. The van der Waals surface area contributed by atoms with E-state index >= 15 is 0 Å². The molecule has 0 bridgehead atoms. The molecule has 0 aliphatic rings. The maximum atomic E-state index is 2.41. The van der Waals surface area contributed by atoms with Crippen LogP contribution in [0.2, 0.25) is 0 Å². The molecule has 0 saturated heterocycles. The summed E-state index contributed by atoms with van der Waals surface area (Å²) in [5, 5.41) is 5.10. The molecule has 0 aliphatic heterocycles. The Labute approximate surface area is 284 Å². The van der Waals surface area contributed by atoms with Gasteiger partial charge in [0, 0.05) is 31.5 Å². The van der Waals surface area contributed by atoms with E-state index in [1.54, 1.807) is 0 Å². The van der Waals surface area contributed by atoms with Gasteiger partial charge in [0.2, 0.25) is 0 Å². The Morgan fingerprint density at radius 1 is 0.333 bits per heavy atom. The van der Waals surface area contributed by atoms with Crippen LogP contribution in [-0.2, 0) is 0 Å². The molecule has 0 atom stereocenters. The van der Waals surface area contributed by atoms with Gasteiger partial charge in [-0.05, 0) is 92.7 Å². The van der Waals surface area contributed by atoms with Crippen molar-refractivity contribution in [2.24, 2.45) is 0 Å². The summed E-state index contributed by atoms with van der Waals surface area (Å²) < 4.78 is 2.58. The number of thiophene rings is 1. The number of anilines is 3. The molecule has 0 fully saturated rings. The smallest absolute Gasteiger partial charge is 0.0555 e. The fraction of sp³-hybridized carbons (Fsp3) is 0. The van der Waals surface area contributed by atoms with Gasteiger partial charge in [-0.15, -0.1) is 11.3 Å². The number of hydrogen-bond donors (Lipinski definition) is 0. The SMILES string of the molecule is c1ccc(-c2ccc(-c3cccc4sc5cccc(N(c6ccccc6)c6ccc(-c7ccc8ccccc8c7)cc6)c5c34)cc2)cc1. The van der Waals surface area contributed by atoms with Crippen LogP contribution in [0.5, 0.6) is 0 Å². The molecular formula is C46H31NS. The lowest BCUT2D eigenvalue weighted by Gasteiger charge is -2.27. The van der Waals surface area contributed by atoms with Crippen molar-refractivity contribution in [2.45, 2.75) is 0 Å². The van der Waals surface area contributed by atoms with Crippen molar-refractivity contribution in [3.05, 3.63) is 188 Å². The first-order valence-corrected chi connectivity index (χ1v) is 17.2. The highest BCUT2D eigenvalue weighted by Gasteiger charge is 2.20. The van der Waals surface area contributed by atoms with E-state index in [1.807, 2.05) is 11.3 Å². The lowest BCUT2D eigenvalue weighted by Crippen LogP contribution is -2.10. The lowest BCUT2D eigenvalue weighted by atomic mass is 9.96. The van der Waals surface area contributed by atoms with Gasteiger partial charge >= 0.3 is 0 Å². The summed E-state index contributed by atoms with van der Waals surface area (Å²) in [4.78, 5) is 2.41. The molecule has 0 N–H and O–H groups in total. The molecule has 0 amide bonds. The van der Waals surface area contributed by atoms with Crippen LogP contribution in [0.15, 0.2) is 188 Å². The molecule has 0 unspecified atom stereocenters. The molecule has 0 spiro atoms. The van der Waals surface area contributed by atoms with Crippen molar-refractivity contribution in [3.8, 4) is 33.4 Å². The van der Waals surface area contributed by atoms with Crippen LogP contribution in [0.25, 0.3) is 64.3 Å². The number of hydrogen-bond acceptors (Lipinski definition) is 2. The van der Waals surface area contributed by atoms with Gasteiger partial charge in [0.05, 0.1) is 5.69 Å². The minimum Gasteiger partial charge on any atom is -0.310 e. The zero-order chi connectivity index (χ0) is 31.9. The molecule has 8 aromatic carbocycles. The van der Waals surface area contributed by atoms with Crippen molar-refractivity contribution in [1.29, 1.82) is 0 Å². The summed E-state index contributed by atoms with van der Waals surface area (Å²) in [6.45, 7) is 0. The Bertz CT molecular complexity index is 2530. The molecule has 2 heteroatoms. The van der Waals surface area contributed by atoms with Crippen LogP contribution in [0.3, 0.4) is 0 Å². The number of para-hydroxylation sites is 1. The van der Waals surface area contributed by atoms with E-state index in [0.717, 1.165) is 11.4 Å². The van der Waals surface area contributed by atoms with Crippen LogP contribution in [0.1, 0.15) is 0 Å². The molecule has 226 valence electrons. The van der Waals surface area contributed by atoms with Crippen LogP contribution < -0.4 is 4.90 Å². The highest BCUT2D eigenvalue weighted by molar-refractivity contribution is 7.26. The molecule has 0 saturated carbocycles. The van der Waals surface area contributed by atoms with Gasteiger partial charge < -0.3 is 4.90 Å². The van der Waals surface area contributed by atoms with Gasteiger partial charge in [-0.25, -0.2) is 0 Å². The summed E-state index contributed by atoms with van der Waals surface area (Å²) in [6, 6.07) is 68.1. The third-order valence-electron chi connectivity index (χ3n) is 9.27. The highest BCUT2D eigenvalue weighted by Crippen LogP contribution is 2.47. The molecule has 0 radical (unpaired) electrons. The third kappa shape index (κ3) is 5.04. The zero-order valence-corrected chi connectivity index (χ0v) is 27.1. The van der Waals surface area contributed by atoms with E-state index in [1.165, 1.54) is 70.0 Å². The molecule has 9 rings (SSSR count). The van der Waals surface area contributed by atoms with Crippen LogP contribution in [0, 0.1) is 0 Å². The predicted molar refractivity (Wildman–Crippen MR) is 208 cm³/mol. The zero-order valence-electron chi connectivity index (χ0n) is 26.3. The fourth-order valence-electron chi connectivity index (χ4n) is 6.92. The number of rotatable bonds is 6. The average Bonchev–Trinajstić information content (AvgIpc) is 3.56. The van der Waals surface area contributed by atoms with E-state index in [0.29, 0.717) is 0 Å². The van der Waals surface area contributed by atoms with E-state index in [2.05, 4.69) is 193 Å². The quantitative estimate of drug-likeness (QED) is 0.177. The summed E-state index contributed by atoms with van der Waals surface area (Å²) in [5.41, 5.74) is 10.8. The van der Waals surface area contributed by atoms with E-state index in [9.17, 15) is 0 Å². The van der Waals surface area contributed by atoms with Gasteiger partial charge in [0.1, 0.15) is 0 Å². The highest BCUT2D eigenvalue weighted by atomic mass is 32.1. The van der Waals surface area contributed by atoms with Gasteiger partial charge in [-0.1, -0.05) is 140 Å². The summed E-state index contributed by atoms with van der Waals surface area (Å²) in [5.74, 6) is 0. The fourth-order valence-corrected chi connectivity index (χ4v) is 8.08. The number of benzene rings is 8. The van der Waals surface area contributed by atoms with Crippen molar-refractivity contribution in [2.75, 3.05) is 4.90 Å². The second-order valence-electron chi connectivity index (χ2n) is 12.2. The standard InChI is InChI=1S/C46H31NS/c1-3-11-32(12-4-1)34-21-24-36(25-22-34)41-17-9-19-43-45(41)46-42(18-10-20-44(46)48-43)47(39-15-5-2-6-16-39)40-29-27-35(28-30-40)38-26-23-33-13-7-8-14-37(33)31-38/h1-31H. The van der Waals surface area contributed by atoms with Gasteiger partial charge in [0.25, 0.3) is 0 Å². The number of nitrogens with zero attached hydrogens (tertiary/aromatic N) is 1. The monoisotopic (exact) mass is 629 g/mol. The topological polar surface area (TPSA) is 3.24 Å². The van der Waals surface area contributed by atoms with Gasteiger partial charge in [-0.2, -0.15) is 0 Å². The Hall–Kier alpha value is -5.96. The minimum atomic E-state index is 1.13. The largest absolute Gasteiger partial charge is 0.310 e. The molecule has 9 aromatic rings. The second kappa shape index (κ2) is 12.0. The predicted octanol–water partition coefficient (Wildman–Crippen LogP) is 13.7. The van der Waals surface area contributed by atoms with Crippen LogP contribution in [-0.4, -0.2) is 0 Å². The first-order chi connectivity index (χ1) is 23.8. The van der Waals surface area contributed by atoms with Gasteiger partial charge in [0.15, 0.2) is 0 Å². The van der Waals surface area contributed by atoms with Crippen molar-refractivity contribution >= 4 is 59.3 Å². The molecular weight excluding hydrogens is 599 g/mol. The first-order valence-electron chi connectivity index (χ1n) is 16.3. The Kier molecular flexibility index (Phi) is 7.07. The van der Waals surface area contributed by atoms with E-state index < -0.39 is 0 Å². The molecule has 1 heterocycles. The van der Waals surface area contributed by atoms with Crippen LogP contribution >= 0.6 is 11.3 Å². The summed E-state index contributed by atoms with van der Waals surface area (Å²) >= 11 is 1.87. The first kappa shape index (κ1) is 28.3. The van der Waals surface area contributed by atoms with E-state index in [4.69, 9.17) is 0 Å². The minimum absolute atomic E-state index is 1.13. The summed E-state index contributed by atoms with van der Waals surface area (Å²) in [7, 11) is 0. The Balaban J connectivity index is 1.19. The summed E-state index contributed by atoms with van der Waals surface area (Å²) in [6.07, 6.45) is 0. The molecule has 0 aliphatic carbocycles. The average molecular weight is 630 g/mol. The van der Waals surface area contributed by atoms with Crippen molar-refractivity contribution in [1.82, 2.24) is 0 Å². The van der Waals surface area contributed by atoms with Crippen molar-refractivity contribution in [3.63, 3.8) is 0 Å². The maximum Gasteiger partial charge on any atom is 0.0555 e. The Morgan fingerprint density at radius 3 is 1.65 bits per heavy atom. The van der Waals surface area contributed by atoms with Crippen LogP contribution in [0.4, 0.5) is 17.1 Å². The number of fused-ring (bicyclic) bond motifs is 4. The van der Waals surface area contributed by atoms with Gasteiger partial charge in [-0.3, -0.25) is 0 Å². The maximum absolute atomic E-state index is 2.41.